The summed E-state index contributed by atoms with van der Waals surface area (Å²) in [5, 5.41) is 5.46. The van der Waals surface area contributed by atoms with E-state index < -0.39 is 0 Å². The summed E-state index contributed by atoms with van der Waals surface area (Å²) in [4.78, 5) is 13.1. The van der Waals surface area contributed by atoms with Crippen molar-refractivity contribution in [3.8, 4) is 5.75 Å². The van der Waals surface area contributed by atoms with Crippen LogP contribution in [0.4, 0.5) is 5.69 Å². The predicted octanol–water partition coefficient (Wildman–Crippen LogP) is 6.16. The summed E-state index contributed by atoms with van der Waals surface area (Å²) in [6.45, 7) is 6.50. The van der Waals surface area contributed by atoms with Crippen LogP contribution in [-0.4, -0.2) is 5.91 Å². The van der Waals surface area contributed by atoms with Crippen molar-refractivity contribution in [2.24, 2.45) is 0 Å². The Bertz CT molecular complexity index is 949. The smallest absolute Gasteiger partial charge is 0.265 e. The number of aryl methyl sites for hydroxylation is 3. The number of rotatable bonds is 5. The van der Waals surface area contributed by atoms with E-state index >= 15 is 0 Å². The second kappa shape index (κ2) is 7.94. The highest BCUT2D eigenvalue weighted by Gasteiger charge is 2.11. The van der Waals surface area contributed by atoms with Gasteiger partial charge in [-0.15, -0.1) is 11.3 Å². The maximum Gasteiger partial charge on any atom is 0.265 e. The Hall–Kier alpha value is -2.30. The van der Waals surface area contributed by atoms with Crippen LogP contribution in [0.15, 0.2) is 47.8 Å². The molecule has 0 saturated carbocycles. The first-order chi connectivity index (χ1) is 12.4. The Kier molecular flexibility index (Phi) is 5.64. The maximum absolute atomic E-state index is 12.5. The molecular formula is C21H20ClNO2S. The fraction of sp³-hybridized carbons (Fsp3) is 0.190. The molecule has 0 fully saturated rings. The van der Waals surface area contributed by atoms with Crippen LogP contribution in [0.25, 0.3) is 0 Å². The highest BCUT2D eigenvalue weighted by atomic mass is 35.5. The van der Waals surface area contributed by atoms with Gasteiger partial charge in [0.15, 0.2) is 0 Å². The highest BCUT2D eigenvalue weighted by Crippen LogP contribution is 2.23. The van der Waals surface area contributed by atoms with E-state index in [1.165, 1.54) is 22.5 Å². The van der Waals surface area contributed by atoms with Gasteiger partial charge in [-0.2, -0.15) is 0 Å². The number of hydrogen-bond acceptors (Lipinski definition) is 3. The molecule has 0 radical (unpaired) electrons. The zero-order chi connectivity index (χ0) is 18.7. The number of carbonyl (C=O) groups is 1. The van der Waals surface area contributed by atoms with E-state index in [1.54, 1.807) is 12.1 Å². The number of amides is 1. The van der Waals surface area contributed by atoms with E-state index in [0.29, 0.717) is 16.5 Å². The molecule has 0 aliphatic heterocycles. The molecule has 0 saturated heterocycles. The third-order valence-corrected chi connectivity index (χ3v) is 5.42. The van der Waals surface area contributed by atoms with Crippen molar-refractivity contribution < 1.29 is 9.53 Å². The van der Waals surface area contributed by atoms with Gasteiger partial charge >= 0.3 is 0 Å². The van der Waals surface area contributed by atoms with Gasteiger partial charge < -0.3 is 10.1 Å². The van der Waals surface area contributed by atoms with Gasteiger partial charge in [0.25, 0.3) is 5.91 Å². The van der Waals surface area contributed by atoms with Crippen LogP contribution in [0.3, 0.4) is 0 Å². The quantitative estimate of drug-likeness (QED) is 0.571. The fourth-order valence-corrected chi connectivity index (χ4v) is 3.42. The normalized spacial score (nSPS) is 10.6. The van der Waals surface area contributed by atoms with Gasteiger partial charge in [-0.3, -0.25) is 4.79 Å². The Balaban J connectivity index is 1.64. The lowest BCUT2D eigenvalue weighted by molar-refractivity contribution is 0.103. The third-order valence-electron chi connectivity index (χ3n) is 4.21. The Morgan fingerprint density at radius 2 is 1.81 bits per heavy atom. The number of ether oxygens (including phenoxy) is 1. The molecule has 5 heteroatoms. The van der Waals surface area contributed by atoms with Crippen molar-refractivity contribution in [3.63, 3.8) is 0 Å². The average Bonchev–Trinajstić information content (AvgIpc) is 3.08. The molecule has 3 rings (SSSR count). The number of carbonyl (C=O) groups excluding carboxylic acids is 1. The van der Waals surface area contributed by atoms with Crippen molar-refractivity contribution >= 4 is 34.5 Å². The molecule has 0 aliphatic carbocycles. The van der Waals surface area contributed by atoms with Gasteiger partial charge in [-0.25, -0.2) is 0 Å². The lowest BCUT2D eigenvalue weighted by Gasteiger charge is -2.08. The minimum atomic E-state index is -0.141. The van der Waals surface area contributed by atoms with Crippen LogP contribution in [0.5, 0.6) is 5.75 Å². The van der Waals surface area contributed by atoms with Gasteiger partial charge in [0.05, 0.1) is 4.88 Å². The zero-order valence-electron chi connectivity index (χ0n) is 14.9. The summed E-state index contributed by atoms with van der Waals surface area (Å²) >= 11 is 7.41. The number of benzene rings is 2. The summed E-state index contributed by atoms with van der Waals surface area (Å²) in [6.07, 6.45) is 0. The van der Waals surface area contributed by atoms with E-state index in [0.717, 1.165) is 22.6 Å². The number of nitrogens with one attached hydrogen (secondary N) is 1. The molecule has 1 heterocycles. The standard InChI is InChI=1S/C21H20ClNO2S/c1-13-5-7-18(8-15(13)3)25-11-16-9-20(26-12-16)21(24)23-19-10-17(22)6-4-14(19)2/h4-10,12H,11H2,1-3H3,(H,23,24). The summed E-state index contributed by atoms with van der Waals surface area (Å²) in [7, 11) is 0. The monoisotopic (exact) mass is 385 g/mol. The van der Waals surface area contributed by atoms with E-state index in [2.05, 4.69) is 19.2 Å². The Labute approximate surface area is 162 Å². The Morgan fingerprint density at radius 1 is 1.04 bits per heavy atom. The second-order valence-corrected chi connectivity index (χ2v) is 7.61. The molecular weight excluding hydrogens is 366 g/mol. The first kappa shape index (κ1) is 18.5. The summed E-state index contributed by atoms with van der Waals surface area (Å²) in [5.74, 6) is 0.692. The van der Waals surface area contributed by atoms with E-state index in [9.17, 15) is 4.79 Å². The van der Waals surface area contributed by atoms with Crippen molar-refractivity contribution in [2.45, 2.75) is 27.4 Å². The molecule has 3 nitrogen and oxygen atoms in total. The van der Waals surface area contributed by atoms with Gasteiger partial charge in [0.1, 0.15) is 12.4 Å². The van der Waals surface area contributed by atoms with Crippen molar-refractivity contribution in [3.05, 3.63) is 80.0 Å². The molecule has 1 aromatic heterocycles. The molecule has 0 bridgehead atoms. The van der Waals surface area contributed by atoms with Crippen LogP contribution in [0.2, 0.25) is 5.02 Å². The molecule has 1 amide bonds. The summed E-state index contributed by atoms with van der Waals surface area (Å²) in [5.41, 5.74) is 5.11. The van der Waals surface area contributed by atoms with E-state index in [4.69, 9.17) is 16.3 Å². The lowest BCUT2D eigenvalue weighted by atomic mass is 10.1. The van der Waals surface area contributed by atoms with Crippen LogP contribution in [0, 0.1) is 20.8 Å². The lowest BCUT2D eigenvalue weighted by Crippen LogP contribution is -2.11. The molecule has 0 spiro atoms. The van der Waals surface area contributed by atoms with Gasteiger partial charge in [0, 0.05) is 16.3 Å². The predicted molar refractivity (Wildman–Crippen MR) is 109 cm³/mol. The fourth-order valence-electron chi connectivity index (χ4n) is 2.45. The second-order valence-electron chi connectivity index (χ2n) is 6.27. The molecule has 3 aromatic rings. The van der Waals surface area contributed by atoms with Crippen molar-refractivity contribution in [2.75, 3.05) is 5.32 Å². The first-order valence-electron chi connectivity index (χ1n) is 8.27. The van der Waals surface area contributed by atoms with Gasteiger partial charge in [0.2, 0.25) is 0 Å². The van der Waals surface area contributed by atoms with Crippen LogP contribution < -0.4 is 10.1 Å². The summed E-state index contributed by atoms with van der Waals surface area (Å²) < 4.78 is 5.83. The summed E-state index contributed by atoms with van der Waals surface area (Å²) in [6, 6.07) is 13.3. The van der Waals surface area contributed by atoms with E-state index in [-0.39, 0.29) is 5.91 Å². The topological polar surface area (TPSA) is 38.3 Å². The first-order valence-corrected chi connectivity index (χ1v) is 9.53. The van der Waals surface area contributed by atoms with Crippen molar-refractivity contribution in [1.82, 2.24) is 0 Å². The minimum Gasteiger partial charge on any atom is -0.489 e. The Morgan fingerprint density at radius 3 is 2.58 bits per heavy atom. The minimum absolute atomic E-state index is 0.141. The van der Waals surface area contributed by atoms with Crippen LogP contribution >= 0.6 is 22.9 Å². The maximum atomic E-state index is 12.5. The molecule has 26 heavy (non-hydrogen) atoms. The SMILES string of the molecule is Cc1ccc(OCc2csc(C(=O)Nc3cc(Cl)ccc3C)c2)cc1C. The van der Waals surface area contributed by atoms with Crippen LogP contribution in [0.1, 0.15) is 31.9 Å². The van der Waals surface area contributed by atoms with Crippen molar-refractivity contribution in [1.29, 1.82) is 0 Å². The van der Waals surface area contributed by atoms with Gasteiger partial charge in [-0.1, -0.05) is 23.7 Å². The average molecular weight is 386 g/mol. The third kappa shape index (κ3) is 4.45. The molecule has 134 valence electrons. The zero-order valence-corrected chi connectivity index (χ0v) is 16.5. The number of hydrogen-bond donors (Lipinski definition) is 1. The molecule has 2 aromatic carbocycles. The number of halogens is 1. The number of thiophene rings is 1. The number of anilines is 1. The highest BCUT2D eigenvalue weighted by molar-refractivity contribution is 7.12. The molecule has 0 aliphatic rings. The molecule has 1 N–H and O–H groups in total. The molecule has 0 unspecified atom stereocenters. The largest absolute Gasteiger partial charge is 0.489 e. The van der Waals surface area contributed by atoms with E-state index in [1.807, 2.05) is 42.6 Å². The van der Waals surface area contributed by atoms with Gasteiger partial charge in [-0.05, 0) is 73.2 Å². The molecule has 0 atom stereocenters. The van der Waals surface area contributed by atoms with Crippen LogP contribution in [-0.2, 0) is 6.61 Å².